The van der Waals surface area contributed by atoms with Gasteiger partial charge in [-0.05, 0) is 12.5 Å². The van der Waals surface area contributed by atoms with Crippen LogP contribution in [0.3, 0.4) is 0 Å². The molecule has 0 aromatic heterocycles. The lowest BCUT2D eigenvalue weighted by atomic mass is 9.81. The second kappa shape index (κ2) is 8.91. The number of hydrogen-bond acceptors (Lipinski definition) is 3. The Balaban J connectivity index is 0. The fourth-order valence-electron chi connectivity index (χ4n) is 0.295. The molecule has 0 N–H and O–H groups in total. The molecule has 0 amide bonds. The summed E-state index contributed by atoms with van der Waals surface area (Å²) in [6.45, 7) is 1.46. The van der Waals surface area contributed by atoms with Gasteiger partial charge in [0.2, 0.25) is 0 Å². The highest BCUT2D eigenvalue weighted by atomic mass is 16.5. The smallest absolute Gasteiger partial charge is 0.314 e. The van der Waals surface area contributed by atoms with Crippen LogP contribution < -0.4 is 0 Å². The predicted molar refractivity (Wildman–Crippen MR) is 42.1 cm³/mol. The monoisotopic (exact) mass is 151 g/mol. The lowest BCUT2D eigenvalue weighted by Crippen LogP contribution is -2.14. The van der Waals surface area contributed by atoms with Gasteiger partial charge >= 0.3 is 5.97 Å². The minimum Gasteiger partial charge on any atom is -0.469 e. The average molecular weight is 151 g/mol. The van der Waals surface area contributed by atoms with Crippen LogP contribution in [-0.2, 0) is 9.53 Å². The predicted octanol–water partition coefficient (Wildman–Crippen LogP) is 0.0966. The molecule has 0 aliphatic rings. The van der Waals surface area contributed by atoms with Crippen LogP contribution in [0.25, 0.3) is 10.4 Å². The molecule has 0 fully saturated rings. The van der Waals surface area contributed by atoms with Crippen molar-refractivity contribution in [3.8, 4) is 0 Å². The van der Waals surface area contributed by atoms with Crippen LogP contribution in [0.1, 0.15) is 6.92 Å². The highest BCUT2D eigenvalue weighted by molar-refractivity contribution is 6.75. The van der Waals surface area contributed by atoms with Crippen LogP contribution in [0.2, 0.25) is 0 Å². The fraction of sp³-hybridized carbons (Fsp3) is 0.750. The molecule has 0 aliphatic heterocycles. The molecule has 0 aliphatic carbocycles. The van der Waals surface area contributed by atoms with E-state index in [1.807, 2.05) is 0 Å². The zero-order valence-electron chi connectivity index (χ0n) is 6.39. The number of azide groups is 1. The van der Waals surface area contributed by atoms with E-state index in [1.54, 1.807) is 0 Å². The summed E-state index contributed by atoms with van der Waals surface area (Å²) in [6, 6.07) is -0.722. The Bertz CT molecular complexity index is 157. The molecule has 5 nitrogen and oxygen atoms in total. The number of methoxy groups -OCH3 is 1. The standard InChI is InChI=1S/C4H7N3O2.B2/c1-3(6-7-5)4(8)9-2;1-2/h3H,1-2H3;/t3-;/m1./s1. The Hall–Kier alpha value is -1.09. The summed E-state index contributed by atoms with van der Waals surface area (Å²) in [4.78, 5) is 12.8. The summed E-state index contributed by atoms with van der Waals surface area (Å²) in [5.41, 5.74) is 7.83. The third-order valence-corrected chi connectivity index (χ3v) is 0.767. The minimum absolute atomic E-state index is 0.521. The van der Waals surface area contributed by atoms with Crippen molar-refractivity contribution in [2.24, 2.45) is 5.11 Å². The number of esters is 1. The third-order valence-electron chi connectivity index (χ3n) is 0.767. The summed E-state index contributed by atoms with van der Waals surface area (Å²) in [5.74, 6) is -0.521. The number of carbonyl (C=O) groups excluding carboxylic acids is 1. The number of carbonyl (C=O) groups is 1. The highest BCUT2D eigenvalue weighted by Crippen LogP contribution is 1.91. The first-order chi connectivity index (χ1) is 5.22. The minimum atomic E-state index is -0.722. The molecular formula is C4H7B2N3O2. The van der Waals surface area contributed by atoms with Crippen LogP contribution in [0.4, 0.5) is 0 Å². The van der Waals surface area contributed by atoms with Gasteiger partial charge in [-0.2, -0.15) is 0 Å². The normalized spacial score (nSPS) is 9.64. The molecule has 0 bridgehead atoms. The Kier molecular flexibility index (Phi) is 10.2. The first-order valence-corrected chi connectivity index (χ1v) is 2.67. The topological polar surface area (TPSA) is 75.1 Å². The van der Waals surface area contributed by atoms with E-state index in [1.165, 1.54) is 14.0 Å². The highest BCUT2D eigenvalue weighted by Gasteiger charge is 2.08. The van der Waals surface area contributed by atoms with Gasteiger partial charge in [-0.1, -0.05) is 5.11 Å². The number of hydrogen-bond donors (Lipinski definition) is 0. The Labute approximate surface area is 67.5 Å². The maximum Gasteiger partial charge on any atom is 0.314 e. The van der Waals surface area contributed by atoms with Gasteiger partial charge in [-0.25, -0.2) is 0 Å². The van der Waals surface area contributed by atoms with Gasteiger partial charge < -0.3 is 4.74 Å². The average Bonchev–Trinajstić information content (AvgIpc) is 2.07. The summed E-state index contributed by atoms with van der Waals surface area (Å²) < 4.78 is 4.26. The second-order valence-electron chi connectivity index (χ2n) is 1.40. The quantitative estimate of drug-likeness (QED) is 0.184. The Morgan fingerprint density at radius 3 is 2.45 bits per heavy atom. The van der Waals surface area contributed by atoms with Crippen LogP contribution in [0.5, 0.6) is 0 Å². The van der Waals surface area contributed by atoms with Crippen LogP contribution in [-0.4, -0.2) is 34.6 Å². The molecule has 56 valence electrons. The van der Waals surface area contributed by atoms with Gasteiger partial charge in [0.15, 0.2) is 0 Å². The molecule has 0 aromatic carbocycles. The molecule has 0 aromatic rings. The van der Waals surface area contributed by atoms with Crippen molar-refractivity contribution in [2.45, 2.75) is 13.0 Å². The number of rotatable bonds is 2. The summed E-state index contributed by atoms with van der Waals surface area (Å²) >= 11 is 0. The van der Waals surface area contributed by atoms with Crippen molar-refractivity contribution >= 4 is 21.4 Å². The largest absolute Gasteiger partial charge is 0.469 e. The van der Waals surface area contributed by atoms with Gasteiger partial charge in [0.05, 0.1) is 7.11 Å². The third kappa shape index (κ3) is 6.80. The number of nitrogens with zero attached hydrogens (tertiary/aromatic N) is 3. The summed E-state index contributed by atoms with van der Waals surface area (Å²) in [7, 11) is 9.24. The molecule has 0 heterocycles. The molecule has 0 rings (SSSR count). The summed E-state index contributed by atoms with van der Waals surface area (Å²) in [5, 5.41) is 3.10. The zero-order valence-corrected chi connectivity index (χ0v) is 6.39. The molecule has 0 saturated carbocycles. The van der Waals surface area contributed by atoms with E-state index in [4.69, 9.17) is 5.53 Å². The number of ether oxygens (including phenoxy) is 1. The van der Waals surface area contributed by atoms with Gasteiger partial charge in [0.25, 0.3) is 0 Å². The van der Waals surface area contributed by atoms with E-state index in [9.17, 15) is 4.79 Å². The van der Waals surface area contributed by atoms with Gasteiger partial charge in [0, 0.05) is 20.4 Å². The maximum absolute atomic E-state index is 10.4. The van der Waals surface area contributed by atoms with Crippen molar-refractivity contribution in [1.82, 2.24) is 0 Å². The van der Waals surface area contributed by atoms with Crippen LogP contribution in [0.15, 0.2) is 5.11 Å². The Morgan fingerprint density at radius 1 is 1.73 bits per heavy atom. The van der Waals surface area contributed by atoms with Gasteiger partial charge in [0.1, 0.15) is 6.04 Å². The van der Waals surface area contributed by atoms with Crippen molar-refractivity contribution in [3.63, 3.8) is 0 Å². The molecule has 1 atom stereocenters. The molecule has 0 spiro atoms. The van der Waals surface area contributed by atoms with E-state index < -0.39 is 12.0 Å². The molecule has 11 heavy (non-hydrogen) atoms. The first kappa shape index (κ1) is 12.6. The molecule has 4 radical (unpaired) electrons. The first-order valence-electron chi connectivity index (χ1n) is 2.67. The van der Waals surface area contributed by atoms with Crippen molar-refractivity contribution in [3.05, 3.63) is 10.4 Å². The zero-order chi connectivity index (χ0) is 9.28. The molecule has 7 heteroatoms. The fourth-order valence-corrected chi connectivity index (χ4v) is 0.295. The van der Waals surface area contributed by atoms with E-state index in [-0.39, 0.29) is 0 Å². The van der Waals surface area contributed by atoms with Crippen molar-refractivity contribution in [2.75, 3.05) is 7.11 Å². The van der Waals surface area contributed by atoms with E-state index in [0.717, 1.165) is 0 Å². The van der Waals surface area contributed by atoms with Crippen LogP contribution >= 0.6 is 0 Å². The molecular weight excluding hydrogens is 144 g/mol. The maximum atomic E-state index is 10.4. The SMILES string of the molecule is COC(=O)[C@@H](C)N=[N+]=[N-].[B][B]. The Morgan fingerprint density at radius 2 is 2.18 bits per heavy atom. The van der Waals surface area contributed by atoms with E-state index >= 15 is 0 Å². The van der Waals surface area contributed by atoms with E-state index in [2.05, 4.69) is 30.2 Å². The van der Waals surface area contributed by atoms with Crippen molar-refractivity contribution in [1.29, 1.82) is 0 Å². The van der Waals surface area contributed by atoms with Crippen molar-refractivity contribution < 1.29 is 9.53 Å². The van der Waals surface area contributed by atoms with E-state index in [0.29, 0.717) is 0 Å². The molecule has 0 unspecified atom stereocenters. The lowest BCUT2D eigenvalue weighted by molar-refractivity contribution is -0.141. The second-order valence-corrected chi connectivity index (χ2v) is 1.40. The van der Waals surface area contributed by atoms with Gasteiger partial charge in [-0.3, -0.25) is 4.79 Å². The molecule has 0 saturated heterocycles. The summed E-state index contributed by atoms with van der Waals surface area (Å²) in [6.07, 6.45) is 0. The van der Waals surface area contributed by atoms with Crippen LogP contribution in [0, 0.1) is 0 Å². The lowest BCUT2D eigenvalue weighted by Gasteiger charge is -1.98. The van der Waals surface area contributed by atoms with Gasteiger partial charge in [-0.15, -0.1) is 0 Å².